The highest BCUT2D eigenvalue weighted by molar-refractivity contribution is 5.47. The van der Waals surface area contributed by atoms with Gasteiger partial charge in [0.15, 0.2) is 0 Å². The van der Waals surface area contributed by atoms with Crippen LogP contribution in [0.3, 0.4) is 0 Å². The molecular formula is C19H19N3O2. The number of fused-ring (bicyclic) bond motifs is 1. The third kappa shape index (κ3) is 2.73. The van der Waals surface area contributed by atoms with Crippen molar-refractivity contribution in [3.05, 3.63) is 71.4 Å². The number of aromatic amines is 1. The molecule has 1 N–H and O–H groups in total. The van der Waals surface area contributed by atoms with Crippen molar-refractivity contribution in [2.24, 2.45) is 0 Å². The first-order chi connectivity index (χ1) is 11.8. The smallest absolute Gasteiger partial charge is 0.213 e. The molecule has 0 unspecified atom stereocenters. The van der Waals surface area contributed by atoms with Gasteiger partial charge in [-0.25, -0.2) is 9.97 Å². The van der Waals surface area contributed by atoms with E-state index in [0.29, 0.717) is 5.88 Å². The summed E-state index contributed by atoms with van der Waals surface area (Å²) in [7, 11) is 1.64. The van der Waals surface area contributed by atoms with Gasteiger partial charge in [0.2, 0.25) is 5.88 Å². The normalized spacial score (nSPS) is 14.0. The molecule has 0 spiro atoms. The number of ether oxygens (including phenoxy) is 2. The minimum absolute atomic E-state index is 0.156. The number of H-pyrrole nitrogens is 1. The van der Waals surface area contributed by atoms with Gasteiger partial charge in [-0.1, -0.05) is 18.2 Å². The van der Waals surface area contributed by atoms with Crippen molar-refractivity contribution < 1.29 is 9.47 Å². The van der Waals surface area contributed by atoms with E-state index in [4.69, 9.17) is 9.47 Å². The topological polar surface area (TPSA) is 60.0 Å². The first kappa shape index (κ1) is 14.8. The maximum atomic E-state index is 5.73. The minimum Gasteiger partial charge on any atom is -0.493 e. The molecular weight excluding hydrogens is 302 g/mol. The first-order valence-electron chi connectivity index (χ1n) is 8.08. The molecule has 5 nitrogen and oxygen atoms in total. The first-order valence-corrected chi connectivity index (χ1v) is 8.08. The lowest BCUT2D eigenvalue weighted by molar-refractivity contribution is 0.357. The Morgan fingerprint density at radius 3 is 3.00 bits per heavy atom. The Labute approximate surface area is 140 Å². The molecule has 1 aliphatic rings. The Hall–Kier alpha value is -2.82. The molecule has 0 saturated heterocycles. The molecule has 122 valence electrons. The van der Waals surface area contributed by atoms with Gasteiger partial charge in [0.1, 0.15) is 5.75 Å². The number of aromatic nitrogens is 3. The Balaban J connectivity index is 1.74. The SMILES string of the molecule is COc1cccc(C[C@@H](c2cnc[nH]2)c2cccc3c2CCO3)n1. The highest BCUT2D eigenvalue weighted by Gasteiger charge is 2.24. The summed E-state index contributed by atoms with van der Waals surface area (Å²) in [5, 5.41) is 0. The van der Waals surface area contributed by atoms with Crippen LogP contribution in [-0.4, -0.2) is 28.7 Å². The molecule has 1 aromatic carbocycles. The van der Waals surface area contributed by atoms with Gasteiger partial charge < -0.3 is 14.5 Å². The molecule has 2 aromatic heterocycles. The zero-order valence-electron chi connectivity index (χ0n) is 13.5. The van der Waals surface area contributed by atoms with Gasteiger partial charge >= 0.3 is 0 Å². The summed E-state index contributed by atoms with van der Waals surface area (Å²) in [6, 6.07) is 12.2. The van der Waals surface area contributed by atoms with Crippen molar-refractivity contribution in [2.45, 2.75) is 18.8 Å². The molecule has 5 heteroatoms. The number of hydrogen-bond donors (Lipinski definition) is 1. The van der Waals surface area contributed by atoms with Crippen molar-refractivity contribution in [2.75, 3.05) is 13.7 Å². The zero-order valence-corrected chi connectivity index (χ0v) is 13.5. The lowest BCUT2D eigenvalue weighted by Gasteiger charge is -2.18. The van der Waals surface area contributed by atoms with Crippen LogP contribution in [0.15, 0.2) is 48.9 Å². The van der Waals surface area contributed by atoms with E-state index in [1.165, 1.54) is 11.1 Å². The van der Waals surface area contributed by atoms with Gasteiger partial charge in [-0.15, -0.1) is 0 Å². The van der Waals surface area contributed by atoms with E-state index >= 15 is 0 Å². The summed E-state index contributed by atoms with van der Waals surface area (Å²) in [5.74, 6) is 1.79. The predicted octanol–water partition coefficient (Wildman–Crippen LogP) is 3.12. The van der Waals surface area contributed by atoms with Crippen molar-refractivity contribution in [3.63, 3.8) is 0 Å². The monoisotopic (exact) mass is 321 g/mol. The number of rotatable bonds is 5. The number of methoxy groups -OCH3 is 1. The van der Waals surface area contributed by atoms with Crippen molar-refractivity contribution in [1.29, 1.82) is 0 Å². The van der Waals surface area contributed by atoms with Gasteiger partial charge in [-0.2, -0.15) is 0 Å². The van der Waals surface area contributed by atoms with E-state index in [0.717, 1.165) is 36.6 Å². The summed E-state index contributed by atoms with van der Waals surface area (Å²) < 4.78 is 11.0. The molecule has 0 bridgehead atoms. The summed E-state index contributed by atoms with van der Waals surface area (Å²) in [5.41, 5.74) is 4.64. The second-order valence-corrected chi connectivity index (χ2v) is 5.86. The highest BCUT2D eigenvalue weighted by Crippen LogP contribution is 2.36. The lowest BCUT2D eigenvalue weighted by Crippen LogP contribution is -2.09. The van der Waals surface area contributed by atoms with Crippen LogP contribution in [0.1, 0.15) is 28.4 Å². The molecule has 24 heavy (non-hydrogen) atoms. The molecule has 3 aromatic rings. The van der Waals surface area contributed by atoms with E-state index in [2.05, 4.69) is 27.1 Å². The summed E-state index contributed by atoms with van der Waals surface area (Å²) in [6.07, 6.45) is 5.33. The Morgan fingerprint density at radius 1 is 1.25 bits per heavy atom. The third-order valence-electron chi connectivity index (χ3n) is 4.45. The van der Waals surface area contributed by atoms with Crippen LogP contribution < -0.4 is 9.47 Å². The fourth-order valence-electron chi connectivity index (χ4n) is 3.31. The van der Waals surface area contributed by atoms with Crippen LogP contribution in [0, 0.1) is 0 Å². The number of nitrogens with zero attached hydrogens (tertiary/aromatic N) is 2. The number of nitrogens with one attached hydrogen (secondary N) is 1. The Morgan fingerprint density at radius 2 is 2.17 bits per heavy atom. The fourth-order valence-corrected chi connectivity index (χ4v) is 3.31. The van der Waals surface area contributed by atoms with Gasteiger partial charge in [0.25, 0.3) is 0 Å². The van der Waals surface area contributed by atoms with Crippen molar-refractivity contribution in [1.82, 2.24) is 15.0 Å². The van der Waals surface area contributed by atoms with Crippen LogP contribution in [-0.2, 0) is 12.8 Å². The molecule has 0 fully saturated rings. The molecule has 0 aliphatic carbocycles. The van der Waals surface area contributed by atoms with Gasteiger partial charge in [-0.3, -0.25) is 0 Å². The van der Waals surface area contributed by atoms with Crippen LogP contribution in [0.4, 0.5) is 0 Å². The number of benzene rings is 1. The average Bonchev–Trinajstić information content (AvgIpc) is 3.31. The van der Waals surface area contributed by atoms with E-state index in [-0.39, 0.29) is 5.92 Å². The van der Waals surface area contributed by atoms with E-state index in [9.17, 15) is 0 Å². The predicted molar refractivity (Wildman–Crippen MR) is 90.6 cm³/mol. The van der Waals surface area contributed by atoms with Crippen LogP contribution in [0.2, 0.25) is 0 Å². The van der Waals surface area contributed by atoms with Gasteiger partial charge in [-0.05, 0) is 17.7 Å². The Bertz CT molecular complexity index is 830. The summed E-state index contributed by atoms with van der Waals surface area (Å²) >= 11 is 0. The number of imidazole rings is 1. The van der Waals surface area contributed by atoms with Gasteiger partial charge in [0, 0.05) is 48.0 Å². The molecule has 4 rings (SSSR count). The maximum absolute atomic E-state index is 5.73. The molecule has 1 aliphatic heterocycles. The van der Waals surface area contributed by atoms with Crippen LogP contribution in [0.5, 0.6) is 11.6 Å². The van der Waals surface area contributed by atoms with Crippen LogP contribution in [0.25, 0.3) is 0 Å². The minimum atomic E-state index is 0.156. The molecule has 3 heterocycles. The number of hydrogen-bond acceptors (Lipinski definition) is 4. The maximum Gasteiger partial charge on any atom is 0.213 e. The third-order valence-corrected chi connectivity index (χ3v) is 4.45. The molecule has 1 atom stereocenters. The fraction of sp³-hybridized carbons (Fsp3) is 0.263. The van der Waals surface area contributed by atoms with Gasteiger partial charge in [0.05, 0.1) is 20.0 Å². The largest absolute Gasteiger partial charge is 0.493 e. The zero-order chi connectivity index (χ0) is 16.4. The van der Waals surface area contributed by atoms with Crippen LogP contribution >= 0.6 is 0 Å². The lowest BCUT2D eigenvalue weighted by atomic mass is 9.87. The molecule has 0 radical (unpaired) electrons. The molecule has 0 saturated carbocycles. The highest BCUT2D eigenvalue weighted by atomic mass is 16.5. The van der Waals surface area contributed by atoms with Crippen molar-refractivity contribution >= 4 is 0 Å². The standard InChI is InChI=1S/C19H19N3O2/c1-23-19-7-2-4-13(22-19)10-16(17-11-20-12-21-17)14-5-3-6-18-15(14)8-9-24-18/h2-7,11-12,16H,8-10H2,1H3,(H,20,21)/t16-/m1/s1. The number of pyridine rings is 1. The quantitative estimate of drug-likeness (QED) is 0.784. The molecule has 0 amide bonds. The second-order valence-electron chi connectivity index (χ2n) is 5.86. The van der Waals surface area contributed by atoms with E-state index < -0.39 is 0 Å². The van der Waals surface area contributed by atoms with E-state index in [1.807, 2.05) is 30.5 Å². The van der Waals surface area contributed by atoms with E-state index in [1.54, 1.807) is 13.4 Å². The van der Waals surface area contributed by atoms with Crippen molar-refractivity contribution in [3.8, 4) is 11.6 Å². The second kappa shape index (κ2) is 6.35. The Kier molecular flexibility index (Phi) is 3.91. The summed E-state index contributed by atoms with van der Waals surface area (Å²) in [4.78, 5) is 12.0. The summed E-state index contributed by atoms with van der Waals surface area (Å²) in [6.45, 7) is 0.749. The average molecular weight is 321 g/mol.